The number of likely N-dealkylation sites (tertiary alicyclic amines) is 1. The van der Waals surface area contributed by atoms with Crippen LogP contribution >= 0.6 is 11.3 Å². The number of thiazole rings is 1. The first-order valence-electron chi connectivity index (χ1n) is 8.11. The van der Waals surface area contributed by atoms with Gasteiger partial charge >= 0.3 is 0 Å². The molecule has 0 N–H and O–H groups in total. The monoisotopic (exact) mass is 382 g/mol. The fourth-order valence-electron chi connectivity index (χ4n) is 2.80. The second kappa shape index (κ2) is 7.61. The minimum atomic E-state index is -3.57. The van der Waals surface area contributed by atoms with E-state index >= 15 is 0 Å². The van der Waals surface area contributed by atoms with Gasteiger partial charge in [0, 0.05) is 24.0 Å². The van der Waals surface area contributed by atoms with E-state index in [1.807, 2.05) is 0 Å². The summed E-state index contributed by atoms with van der Waals surface area (Å²) < 4.78 is 37.6. The number of sulfone groups is 1. The number of aromatic nitrogens is 1. The van der Waals surface area contributed by atoms with Gasteiger partial charge in [-0.1, -0.05) is 0 Å². The molecule has 1 aliphatic heterocycles. The molecular formula is C17H19FN2O3S2. The minimum Gasteiger partial charge on any atom is -0.342 e. The molecule has 1 amide bonds. The van der Waals surface area contributed by atoms with Crippen LogP contribution in [0.25, 0.3) is 10.6 Å². The molecule has 1 fully saturated rings. The lowest BCUT2D eigenvalue weighted by atomic mass is 10.1. The molecule has 8 heteroatoms. The van der Waals surface area contributed by atoms with E-state index in [1.54, 1.807) is 22.4 Å². The van der Waals surface area contributed by atoms with Crippen molar-refractivity contribution in [2.24, 2.45) is 0 Å². The van der Waals surface area contributed by atoms with Crippen molar-refractivity contribution >= 4 is 27.1 Å². The average molecular weight is 382 g/mol. The Morgan fingerprint density at radius 2 is 1.84 bits per heavy atom. The van der Waals surface area contributed by atoms with Crippen molar-refractivity contribution in [1.82, 2.24) is 9.88 Å². The van der Waals surface area contributed by atoms with Crippen molar-refractivity contribution in [1.29, 1.82) is 0 Å². The molecule has 0 atom stereocenters. The third-order valence-corrected chi connectivity index (χ3v) is 6.43. The molecule has 3 rings (SSSR count). The summed E-state index contributed by atoms with van der Waals surface area (Å²) in [6.45, 7) is 1.28. The smallest absolute Gasteiger partial charge is 0.237 e. The number of hydrogen-bond acceptors (Lipinski definition) is 5. The first-order chi connectivity index (χ1) is 11.9. The van der Waals surface area contributed by atoms with Crippen LogP contribution in [0.2, 0.25) is 0 Å². The fourth-order valence-corrected chi connectivity index (χ4v) is 4.99. The van der Waals surface area contributed by atoms with Crippen LogP contribution in [0.1, 0.15) is 25.0 Å². The predicted octanol–water partition coefficient (Wildman–Crippen LogP) is 2.88. The van der Waals surface area contributed by atoms with E-state index in [0.717, 1.165) is 24.8 Å². The molecule has 2 aromatic rings. The number of rotatable bonds is 5. The average Bonchev–Trinajstić information content (AvgIpc) is 3.03. The molecule has 0 radical (unpaired) electrons. The summed E-state index contributed by atoms with van der Waals surface area (Å²) in [5.74, 6) is -1.39. The van der Waals surface area contributed by atoms with Crippen LogP contribution in [0.4, 0.5) is 4.39 Å². The van der Waals surface area contributed by atoms with Crippen LogP contribution in [0.15, 0.2) is 29.6 Å². The van der Waals surface area contributed by atoms with E-state index in [0.29, 0.717) is 23.8 Å². The van der Waals surface area contributed by atoms with Gasteiger partial charge in [-0.05, 0) is 43.5 Å². The summed E-state index contributed by atoms with van der Waals surface area (Å²) in [4.78, 5) is 18.1. The Hall–Kier alpha value is -1.80. The van der Waals surface area contributed by atoms with Gasteiger partial charge < -0.3 is 4.90 Å². The predicted molar refractivity (Wildman–Crippen MR) is 95.4 cm³/mol. The zero-order chi connectivity index (χ0) is 17.9. The van der Waals surface area contributed by atoms with Crippen molar-refractivity contribution in [2.75, 3.05) is 18.8 Å². The first-order valence-corrected chi connectivity index (χ1v) is 10.8. The largest absolute Gasteiger partial charge is 0.342 e. The molecule has 2 heterocycles. The summed E-state index contributed by atoms with van der Waals surface area (Å²) in [7, 11) is -3.57. The Bertz CT molecular complexity index is 841. The molecule has 25 heavy (non-hydrogen) atoms. The summed E-state index contributed by atoms with van der Waals surface area (Å²) >= 11 is 1.30. The van der Waals surface area contributed by atoms with E-state index < -0.39 is 15.6 Å². The number of piperidine rings is 1. The van der Waals surface area contributed by atoms with Gasteiger partial charge in [-0.15, -0.1) is 11.3 Å². The SMILES string of the molecule is O=C(CS(=O)(=O)Cc1csc(-c2ccc(F)cc2)n1)N1CCCCC1. The third kappa shape index (κ3) is 4.85. The normalized spacial score (nSPS) is 15.3. The quantitative estimate of drug-likeness (QED) is 0.797. The summed E-state index contributed by atoms with van der Waals surface area (Å²) in [5, 5.41) is 2.30. The molecule has 0 aliphatic carbocycles. The number of halogens is 1. The molecular weight excluding hydrogens is 363 g/mol. The van der Waals surface area contributed by atoms with Crippen LogP contribution in [0.5, 0.6) is 0 Å². The van der Waals surface area contributed by atoms with Gasteiger partial charge in [0.25, 0.3) is 0 Å². The zero-order valence-corrected chi connectivity index (χ0v) is 15.3. The van der Waals surface area contributed by atoms with Crippen LogP contribution in [0.3, 0.4) is 0 Å². The van der Waals surface area contributed by atoms with E-state index in [9.17, 15) is 17.6 Å². The van der Waals surface area contributed by atoms with Gasteiger partial charge in [0.2, 0.25) is 5.91 Å². The zero-order valence-electron chi connectivity index (χ0n) is 13.7. The van der Waals surface area contributed by atoms with Gasteiger partial charge in [-0.2, -0.15) is 0 Å². The minimum absolute atomic E-state index is 0.260. The highest BCUT2D eigenvalue weighted by atomic mass is 32.2. The number of hydrogen-bond donors (Lipinski definition) is 0. The number of nitrogens with zero attached hydrogens (tertiary/aromatic N) is 2. The van der Waals surface area contributed by atoms with E-state index in [-0.39, 0.29) is 17.5 Å². The van der Waals surface area contributed by atoms with Crippen LogP contribution in [-0.2, 0) is 20.4 Å². The molecule has 0 unspecified atom stereocenters. The number of amides is 1. The molecule has 5 nitrogen and oxygen atoms in total. The summed E-state index contributed by atoms with van der Waals surface area (Å²) in [6.07, 6.45) is 2.94. The van der Waals surface area contributed by atoms with Crippen molar-refractivity contribution in [3.63, 3.8) is 0 Å². The van der Waals surface area contributed by atoms with E-state index in [2.05, 4.69) is 4.98 Å². The molecule has 0 saturated carbocycles. The van der Waals surface area contributed by atoms with Gasteiger partial charge in [0.15, 0.2) is 9.84 Å². The van der Waals surface area contributed by atoms with Crippen molar-refractivity contribution < 1.29 is 17.6 Å². The maximum atomic E-state index is 13.0. The van der Waals surface area contributed by atoms with Crippen LogP contribution < -0.4 is 0 Å². The highest BCUT2D eigenvalue weighted by molar-refractivity contribution is 7.91. The number of carbonyl (C=O) groups is 1. The molecule has 134 valence electrons. The second-order valence-corrected chi connectivity index (χ2v) is 9.05. The second-order valence-electron chi connectivity index (χ2n) is 6.12. The Morgan fingerprint density at radius 1 is 1.16 bits per heavy atom. The Morgan fingerprint density at radius 3 is 2.52 bits per heavy atom. The molecule has 0 spiro atoms. The third-order valence-electron chi connectivity index (χ3n) is 4.06. The lowest BCUT2D eigenvalue weighted by molar-refractivity contribution is -0.129. The highest BCUT2D eigenvalue weighted by Gasteiger charge is 2.24. The lowest BCUT2D eigenvalue weighted by Crippen LogP contribution is -2.39. The molecule has 1 saturated heterocycles. The van der Waals surface area contributed by atoms with Crippen molar-refractivity contribution in [2.45, 2.75) is 25.0 Å². The maximum absolute atomic E-state index is 13.0. The summed E-state index contributed by atoms with van der Waals surface area (Å²) in [6, 6.07) is 5.88. The molecule has 1 aliphatic rings. The topological polar surface area (TPSA) is 67.3 Å². The van der Waals surface area contributed by atoms with Crippen molar-refractivity contribution in [3.05, 3.63) is 41.2 Å². The van der Waals surface area contributed by atoms with E-state index in [4.69, 9.17) is 0 Å². The fraction of sp³-hybridized carbons (Fsp3) is 0.412. The standard InChI is InChI=1S/C17H19FN2O3S2/c18-14-6-4-13(5-7-14)17-19-15(10-24-17)11-25(22,23)12-16(21)20-8-2-1-3-9-20/h4-7,10H,1-3,8-9,11-12H2. The van der Waals surface area contributed by atoms with Gasteiger partial charge in [-0.3, -0.25) is 4.79 Å². The molecule has 1 aromatic carbocycles. The first kappa shape index (κ1) is 18.0. The van der Waals surface area contributed by atoms with Gasteiger partial charge in [0.1, 0.15) is 16.6 Å². The van der Waals surface area contributed by atoms with Gasteiger partial charge in [-0.25, -0.2) is 17.8 Å². The van der Waals surface area contributed by atoms with E-state index in [1.165, 1.54) is 23.5 Å². The van der Waals surface area contributed by atoms with Gasteiger partial charge in [0.05, 0.1) is 11.4 Å². The molecule has 1 aromatic heterocycles. The highest BCUT2D eigenvalue weighted by Crippen LogP contribution is 2.25. The number of carbonyl (C=O) groups excluding carboxylic acids is 1. The van der Waals surface area contributed by atoms with Crippen LogP contribution in [-0.4, -0.2) is 43.1 Å². The number of benzene rings is 1. The van der Waals surface area contributed by atoms with Crippen molar-refractivity contribution in [3.8, 4) is 10.6 Å². The summed E-state index contributed by atoms with van der Waals surface area (Å²) in [5.41, 5.74) is 1.15. The maximum Gasteiger partial charge on any atom is 0.237 e. The molecule has 0 bridgehead atoms. The Labute approximate surface area is 150 Å². The van der Waals surface area contributed by atoms with Crippen LogP contribution in [0, 0.1) is 5.82 Å². The Balaban J connectivity index is 1.64. The Kier molecular flexibility index (Phi) is 5.48. The lowest BCUT2D eigenvalue weighted by Gasteiger charge is -2.26.